The third-order valence-corrected chi connectivity index (χ3v) is 4.79. The van der Waals surface area contributed by atoms with E-state index in [1.807, 2.05) is 42.5 Å². The number of ether oxygens (including phenoxy) is 1. The number of nitrogens with zero attached hydrogens (tertiary/aromatic N) is 4. The molecule has 2 aromatic heterocycles. The molecule has 0 fully saturated rings. The van der Waals surface area contributed by atoms with E-state index in [4.69, 9.17) is 21.7 Å². The zero-order chi connectivity index (χ0) is 22.5. The van der Waals surface area contributed by atoms with Crippen LogP contribution in [-0.2, 0) is 0 Å². The fourth-order valence-corrected chi connectivity index (χ4v) is 3.24. The molecule has 0 aliphatic rings. The average Bonchev–Trinajstić information content (AvgIpc) is 3.26. The molecule has 0 atom stereocenters. The average molecular weight is 447 g/mol. The number of hydrogen-bond donors (Lipinski definition) is 2. The van der Waals surface area contributed by atoms with Gasteiger partial charge >= 0.3 is 0 Å². The summed E-state index contributed by atoms with van der Waals surface area (Å²) in [5.41, 5.74) is 2.47. The number of methoxy groups -OCH3 is 1. The standard InChI is InChI=1S/C23H19ClN6O2/c1-32-22-13-18(30-15-16(24)14-26-30)7-8-20(22)29-12-10-21(31)23(28-29)19(9-11-25)27-17-5-3-2-4-6-17/h2-15,25,27H,1H3/b19-9-,25-11?. The summed E-state index contributed by atoms with van der Waals surface area (Å²) >= 11 is 5.97. The van der Waals surface area contributed by atoms with Gasteiger partial charge in [-0.2, -0.15) is 10.2 Å². The molecule has 2 N–H and O–H groups in total. The van der Waals surface area contributed by atoms with E-state index in [9.17, 15) is 4.79 Å². The first-order chi connectivity index (χ1) is 15.6. The second kappa shape index (κ2) is 9.32. The van der Waals surface area contributed by atoms with Crippen LogP contribution in [0, 0.1) is 5.41 Å². The van der Waals surface area contributed by atoms with Crippen molar-refractivity contribution in [2.75, 3.05) is 12.4 Å². The van der Waals surface area contributed by atoms with Gasteiger partial charge in [-0.05, 0) is 30.3 Å². The molecule has 2 aromatic carbocycles. The number of halogens is 1. The number of hydrogen-bond acceptors (Lipinski definition) is 6. The normalized spacial score (nSPS) is 11.2. The Morgan fingerprint density at radius 1 is 1.16 bits per heavy atom. The Kier molecular flexibility index (Phi) is 6.14. The van der Waals surface area contributed by atoms with Crippen molar-refractivity contribution in [2.45, 2.75) is 0 Å². The molecular formula is C23H19ClN6O2. The first kappa shape index (κ1) is 21.1. The van der Waals surface area contributed by atoms with Gasteiger partial charge in [-0.25, -0.2) is 9.36 Å². The second-order valence-electron chi connectivity index (χ2n) is 6.67. The van der Waals surface area contributed by atoms with E-state index in [0.29, 0.717) is 22.2 Å². The van der Waals surface area contributed by atoms with E-state index >= 15 is 0 Å². The van der Waals surface area contributed by atoms with Gasteiger partial charge in [0.15, 0.2) is 5.69 Å². The lowest BCUT2D eigenvalue weighted by Gasteiger charge is -2.15. The topological polar surface area (TPSA) is 97.8 Å². The van der Waals surface area contributed by atoms with Gasteiger partial charge in [0.2, 0.25) is 5.43 Å². The summed E-state index contributed by atoms with van der Waals surface area (Å²) in [5.74, 6) is 0.532. The molecule has 0 saturated carbocycles. The number of aromatic nitrogens is 4. The van der Waals surface area contributed by atoms with Crippen molar-refractivity contribution in [3.8, 4) is 17.1 Å². The zero-order valence-electron chi connectivity index (χ0n) is 17.1. The van der Waals surface area contributed by atoms with Gasteiger partial charge in [0, 0.05) is 36.4 Å². The lowest BCUT2D eigenvalue weighted by Crippen LogP contribution is -2.18. The van der Waals surface area contributed by atoms with E-state index in [1.54, 1.807) is 41.1 Å². The van der Waals surface area contributed by atoms with Gasteiger partial charge in [0.05, 0.1) is 29.7 Å². The molecule has 32 heavy (non-hydrogen) atoms. The number of para-hydroxylation sites is 1. The molecule has 9 heteroatoms. The summed E-state index contributed by atoms with van der Waals surface area (Å²) < 4.78 is 8.75. The number of benzene rings is 2. The van der Waals surface area contributed by atoms with Gasteiger partial charge in [-0.15, -0.1) is 0 Å². The van der Waals surface area contributed by atoms with Crippen molar-refractivity contribution in [1.82, 2.24) is 19.6 Å². The molecule has 2 heterocycles. The minimum absolute atomic E-state index is 0.171. The zero-order valence-corrected chi connectivity index (χ0v) is 17.8. The van der Waals surface area contributed by atoms with E-state index in [-0.39, 0.29) is 11.1 Å². The Hall–Kier alpha value is -4.17. The number of anilines is 1. The Morgan fingerprint density at radius 3 is 2.66 bits per heavy atom. The van der Waals surface area contributed by atoms with Gasteiger partial charge in [0.1, 0.15) is 11.4 Å². The lowest BCUT2D eigenvalue weighted by atomic mass is 10.2. The van der Waals surface area contributed by atoms with Crippen LogP contribution in [0.15, 0.2) is 84.1 Å². The van der Waals surface area contributed by atoms with Gasteiger partial charge in [0.25, 0.3) is 0 Å². The molecular weight excluding hydrogens is 428 g/mol. The molecule has 0 radical (unpaired) electrons. The van der Waals surface area contributed by atoms with Crippen LogP contribution in [0.5, 0.6) is 5.75 Å². The third kappa shape index (κ3) is 4.45. The molecule has 4 aromatic rings. The molecule has 0 spiro atoms. The third-order valence-electron chi connectivity index (χ3n) is 4.59. The summed E-state index contributed by atoms with van der Waals surface area (Å²) in [6, 6.07) is 16.3. The highest BCUT2D eigenvalue weighted by atomic mass is 35.5. The predicted octanol–water partition coefficient (Wildman–Crippen LogP) is 4.18. The highest BCUT2D eigenvalue weighted by Crippen LogP contribution is 2.26. The largest absolute Gasteiger partial charge is 0.494 e. The summed E-state index contributed by atoms with van der Waals surface area (Å²) in [4.78, 5) is 12.6. The van der Waals surface area contributed by atoms with E-state index < -0.39 is 0 Å². The van der Waals surface area contributed by atoms with E-state index in [1.165, 1.54) is 12.1 Å². The molecule has 0 amide bonds. The molecule has 0 aliphatic carbocycles. The molecule has 0 saturated heterocycles. The quantitative estimate of drug-likeness (QED) is 0.415. The second-order valence-corrected chi connectivity index (χ2v) is 7.11. The van der Waals surface area contributed by atoms with E-state index in [2.05, 4.69) is 15.5 Å². The summed E-state index contributed by atoms with van der Waals surface area (Å²) in [6.07, 6.45) is 7.40. The molecule has 4 rings (SSSR count). The maximum Gasteiger partial charge on any atom is 0.209 e. The molecule has 160 valence electrons. The Bertz CT molecular complexity index is 1340. The maximum absolute atomic E-state index is 12.6. The van der Waals surface area contributed by atoms with Crippen molar-refractivity contribution in [1.29, 1.82) is 5.41 Å². The summed E-state index contributed by atoms with van der Waals surface area (Å²) in [6.45, 7) is 0. The molecule has 0 unspecified atom stereocenters. The molecule has 0 bridgehead atoms. The molecule has 0 aliphatic heterocycles. The number of rotatable bonds is 7. The SMILES string of the molecule is COc1cc(-n2cc(Cl)cn2)ccc1-n1ccc(=O)c(/C(=C/C=N)Nc2ccccc2)n1. The Labute approximate surface area is 188 Å². The highest BCUT2D eigenvalue weighted by Gasteiger charge is 2.13. The first-order valence-corrected chi connectivity index (χ1v) is 9.99. The fourth-order valence-electron chi connectivity index (χ4n) is 3.11. The van der Waals surface area contributed by atoms with Crippen LogP contribution < -0.4 is 15.5 Å². The van der Waals surface area contributed by atoms with Crippen LogP contribution in [0.4, 0.5) is 5.69 Å². The smallest absolute Gasteiger partial charge is 0.209 e. The van der Waals surface area contributed by atoms with Gasteiger partial charge in [-0.1, -0.05) is 29.8 Å². The number of nitrogens with one attached hydrogen (secondary N) is 2. The van der Waals surface area contributed by atoms with Crippen LogP contribution in [-0.4, -0.2) is 32.9 Å². The Morgan fingerprint density at radius 2 is 1.97 bits per heavy atom. The highest BCUT2D eigenvalue weighted by molar-refractivity contribution is 6.30. The molecule has 8 nitrogen and oxygen atoms in total. The van der Waals surface area contributed by atoms with Crippen molar-refractivity contribution < 1.29 is 4.74 Å². The van der Waals surface area contributed by atoms with Crippen LogP contribution >= 0.6 is 11.6 Å². The minimum atomic E-state index is -0.278. The van der Waals surface area contributed by atoms with Crippen LogP contribution in [0.25, 0.3) is 17.1 Å². The van der Waals surface area contributed by atoms with Crippen LogP contribution in [0.3, 0.4) is 0 Å². The predicted molar refractivity (Wildman–Crippen MR) is 125 cm³/mol. The van der Waals surface area contributed by atoms with Crippen molar-refractivity contribution >= 4 is 29.2 Å². The minimum Gasteiger partial charge on any atom is -0.494 e. The van der Waals surface area contributed by atoms with Gasteiger partial charge in [-0.3, -0.25) is 4.79 Å². The van der Waals surface area contributed by atoms with Gasteiger partial charge < -0.3 is 15.5 Å². The van der Waals surface area contributed by atoms with Crippen LogP contribution in [0.2, 0.25) is 5.02 Å². The number of allylic oxidation sites excluding steroid dienone is 1. The Balaban J connectivity index is 1.75. The van der Waals surface area contributed by atoms with Crippen molar-refractivity contribution in [2.24, 2.45) is 0 Å². The van der Waals surface area contributed by atoms with Crippen LogP contribution in [0.1, 0.15) is 5.69 Å². The monoisotopic (exact) mass is 446 g/mol. The first-order valence-electron chi connectivity index (χ1n) is 9.61. The maximum atomic E-state index is 12.6. The lowest BCUT2D eigenvalue weighted by molar-refractivity contribution is 0.411. The van der Waals surface area contributed by atoms with Crippen molar-refractivity contribution in [3.05, 3.63) is 100 Å². The summed E-state index contributed by atoms with van der Waals surface area (Å²) in [7, 11) is 1.56. The van der Waals surface area contributed by atoms with Crippen molar-refractivity contribution in [3.63, 3.8) is 0 Å². The fraction of sp³-hybridized carbons (Fsp3) is 0.0435. The summed E-state index contributed by atoms with van der Waals surface area (Å²) in [5, 5.41) is 19.9. The van der Waals surface area contributed by atoms with E-state index in [0.717, 1.165) is 17.6 Å².